The third kappa shape index (κ3) is 3.74. The van der Waals surface area contributed by atoms with Gasteiger partial charge in [-0.1, -0.05) is 22.6 Å². The standard InChI is InChI=1S/C14H24INO3/c1-12(2,3)19-11(17)16-13-4-6-14(7-5-13,8-9-15)18-10-13/h4-10H2,1-3H3,(H,16,17). The Hall–Kier alpha value is -0.0400. The van der Waals surface area contributed by atoms with Crippen molar-refractivity contribution in [3.63, 3.8) is 0 Å². The molecular weight excluding hydrogens is 357 g/mol. The molecule has 2 saturated heterocycles. The molecule has 3 fully saturated rings. The minimum Gasteiger partial charge on any atom is -0.444 e. The molecule has 19 heavy (non-hydrogen) atoms. The Morgan fingerprint density at radius 3 is 2.37 bits per heavy atom. The van der Waals surface area contributed by atoms with Gasteiger partial charge >= 0.3 is 6.09 Å². The van der Waals surface area contributed by atoms with Crippen molar-refractivity contribution in [2.45, 2.75) is 69.6 Å². The van der Waals surface area contributed by atoms with Crippen molar-refractivity contribution in [1.29, 1.82) is 0 Å². The highest BCUT2D eigenvalue weighted by Gasteiger charge is 2.50. The highest BCUT2D eigenvalue weighted by molar-refractivity contribution is 14.1. The third-order valence-corrected chi connectivity index (χ3v) is 4.63. The Bertz CT molecular complexity index is 327. The van der Waals surface area contributed by atoms with Gasteiger partial charge in [-0.05, 0) is 52.9 Å². The van der Waals surface area contributed by atoms with E-state index in [-0.39, 0.29) is 17.2 Å². The maximum atomic E-state index is 11.9. The Balaban J connectivity index is 1.92. The van der Waals surface area contributed by atoms with E-state index in [2.05, 4.69) is 27.9 Å². The largest absolute Gasteiger partial charge is 0.444 e. The predicted molar refractivity (Wildman–Crippen MR) is 82.8 cm³/mol. The van der Waals surface area contributed by atoms with Crippen LogP contribution in [-0.2, 0) is 9.47 Å². The van der Waals surface area contributed by atoms with E-state index in [0.29, 0.717) is 6.61 Å². The van der Waals surface area contributed by atoms with Crippen LogP contribution in [0, 0.1) is 0 Å². The minimum absolute atomic E-state index is 0.0819. The zero-order valence-corrected chi connectivity index (χ0v) is 14.2. The van der Waals surface area contributed by atoms with Gasteiger partial charge in [0.15, 0.2) is 0 Å². The van der Waals surface area contributed by atoms with Crippen molar-refractivity contribution in [2.24, 2.45) is 0 Å². The van der Waals surface area contributed by atoms with Gasteiger partial charge in [-0.2, -0.15) is 0 Å². The van der Waals surface area contributed by atoms with E-state index in [9.17, 15) is 4.79 Å². The van der Waals surface area contributed by atoms with Crippen LogP contribution in [0.25, 0.3) is 0 Å². The van der Waals surface area contributed by atoms with Gasteiger partial charge in [0.05, 0.1) is 17.7 Å². The minimum atomic E-state index is -0.449. The topological polar surface area (TPSA) is 47.6 Å². The molecule has 2 aliphatic heterocycles. The summed E-state index contributed by atoms with van der Waals surface area (Å²) in [5.41, 5.74) is -0.566. The molecule has 3 aliphatic rings. The molecule has 110 valence electrons. The fourth-order valence-electron chi connectivity index (χ4n) is 2.94. The molecule has 0 aromatic rings. The number of carbonyl (C=O) groups excluding carboxylic acids is 1. The normalized spacial score (nSPS) is 34.1. The van der Waals surface area contributed by atoms with Crippen LogP contribution < -0.4 is 5.32 Å². The number of halogens is 1. The SMILES string of the molecule is CC(C)(C)OC(=O)NC12CCC(CCI)(CC1)OC2. The van der Waals surface area contributed by atoms with E-state index in [0.717, 1.165) is 36.5 Å². The number of nitrogens with one attached hydrogen (secondary N) is 1. The van der Waals surface area contributed by atoms with Gasteiger partial charge in [0, 0.05) is 4.43 Å². The first-order valence-corrected chi connectivity index (χ1v) is 8.52. The number of fused-ring (bicyclic) bond motifs is 3. The Kier molecular flexibility index (Phi) is 4.35. The molecule has 4 nitrogen and oxygen atoms in total. The van der Waals surface area contributed by atoms with Gasteiger partial charge in [-0.15, -0.1) is 0 Å². The number of rotatable bonds is 3. The van der Waals surface area contributed by atoms with Crippen LogP contribution in [0.5, 0.6) is 0 Å². The molecule has 0 aromatic carbocycles. The van der Waals surface area contributed by atoms with Gasteiger partial charge < -0.3 is 14.8 Å². The molecule has 1 saturated carbocycles. The molecule has 1 aliphatic carbocycles. The Labute approximate surface area is 129 Å². The predicted octanol–water partition coefficient (Wildman–Crippen LogP) is 3.42. The molecule has 1 N–H and O–H groups in total. The maximum absolute atomic E-state index is 11.9. The van der Waals surface area contributed by atoms with Crippen LogP contribution in [0.2, 0.25) is 0 Å². The van der Waals surface area contributed by atoms with Crippen molar-refractivity contribution >= 4 is 28.7 Å². The number of carbonyl (C=O) groups is 1. The van der Waals surface area contributed by atoms with E-state index < -0.39 is 5.60 Å². The molecule has 5 heteroatoms. The summed E-state index contributed by atoms with van der Waals surface area (Å²) in [6.45, 7) is 6.28. The third-order valence-electron chi connectivity index (χ3n) is 4.09. The van der Waals surface area contributed by atoms with E-state index in [1.807, 2.05) is 20.8 Å². The summed E-state index contributed by atoms with van der Waals surface area (Å²) in [5, 5.41) is 3.05. The monoisotopic (exact) mass is 381 g/mol. The lowest BCUT2D eigenvalue weighted by Crippen LogP contribution is -2.63. The molecule has 0 atom stereocenters. The number of alkyl halides is 1. The maximum Gasteiger partial charge on any atom is 0.408 e. The fourth-order valence-corrected chi connectivity index (χ4v) is 3.92. The molecule has 3 rings (SSSR count). The smallest absolute Gasteiger partial charge is 0.408 e. The first kappa shape index (κ1) is 15.4. The van der Waals surface area contributed by atoms with E-state index in [1.165, 1.54) is 0 Å². The lowest BCUT2D eigenvalue weighted by Gasteiger charge is -2.53. The van der Waals surface area contributed by atoms with Crippen molar-refractivity contribution in [1.82, 2.24) is 5.32 Å². The number of alkyl carbamates (subject to hydrolysis) is 1. The second kappa shape index (κ2) is 5.39. The van der Waals surface area contributed by atoms with Crippen LogP contribution in [0.1, 0.15) is 52.9 Å². The second-order valence-corrected chi connectivity index (χ2v) is 7.90. The molecule has 0 spiro atoms. The summed E-state index contributed by atoms with van der Waals surface area (Å²) in [6.07, 6.45) is 4.90. The Morgan fingerprint density at radius 1 is 1.32 bits per heavy atom. The number of ether oxygens (including phenoxy) is 2. The van der Waals surface area contributed by atoms with E-state index in [4.69, 9.17) is 9.47 Å². The average molecular weight is 381 g/mol. The van der Waals surface area contributed by atoms with E-state index in [1.54, 1.807) is 0 Å². The van der Waals surface area contributed by atoms with Crippen LogP contribution in [-0.4, -0.2) is 33.9 Å². The lowest BCUT2D eigenvalue weighted by molar-refractivity contribution is -0.161. The van der Waals surface area contributed by atoms with Gasteiger partial charge in [0.1, 0.15) is 5.60 Å². The summed E-state index contributed by atoms with van der Waals surface area (Å²) in [4.78, 5) is 11.9. The molecular formula is C14H24INO3. The molecule has 2 heterocycles. The first-order valence-electron chi connectivity index (χ1n) is 6.99. The van der Waals surface area contributed by atoms with Crippen molar-refractivity contribution in [3.8, 4) is 0 Å². The fraction of sp³-hybridized carbons (Fsp3) is 0.929. The van der Waals surface area contributed by atoms with Crippen LogP contribution >= 0.6 is 22.6 Å². The van der Waals surface area contributed by atoms with Crippen LogP contribution in [0.15, 0.2) is 0 Å². The molecule has 0 radical (unpaired) electrons. The summed E-state index contributed by atoms with van der Waals surface area (Å²) >= 11 is 2.41. The molecule has 2 bridgehead atoms. The van der Waals surface area contributed by atoms with Crippen LogP contribution in [0.3, 0.4) is 0 Å². The molecule has 1 amide bonds. The second-order valence-electron chi connectivity index (χ2n) is 6.82. The first-order chi connectivity index (χ1) is 8.78. The molecule has 0 aromatic heterocycles. The summed E-state index contributed by atoms with van der Waals surface area (Å²) in [7, 11) is 0. The van der Waals surface area contributed by atoms with E-state index >= 15 is 0 Å². The van der Waals surface area contributed by atoms with Crippen molar-refractivity contribution < 1.29 is 14.3 Å². The highest BCUT2D eigenvalue weighted by Crippen LogP contribution is 2.45. The van der Waals surface area contributed by atoms with Crippen molar-refractivity contribution in [3.05, 3.63) is 0 Å². The number of hydrogen-bond donors (Lipinski definition) is 1. The Morgan fingerprint density at radius 2 is 1.95 bits per heavy atom. The average Bonchev–Trinajstić information content (AvgIpc) is 2.29. The van der Waals surface area contributed by atoms with Gasteiger partial charge in [0.2, 0.25) is 0 Å². The highest BCUT2D eigenvalue weighted by atomic mass is 127. The summed E-state index contributed by atoms with van der Waals surface area (Å²) in [6, 6.07) is 0. The lowest BCUT2D eigenvalue weighted by atomic mass is 9.70. The molecule has 0 unspecified atom stereocenters. The van der Waals surface area contributed by atoms with Crippen molar-refractivity contribution in [2.75, 3.05) is 11.0 Å². The van der Waals surface area contributed by atoms with Gasteiger partial charge in [-0.25, -0.2) is 4.79 Å². The number of amides is 1. The number of hydrogen-bond acceptors (Lipinski definition) is 3. The van der Waals surface area contributed by atoms with Gasteiger partial charge in [0.25, 0.3) is 0 Å². The zero-order valence-electron chi connectivity index (χ0n) is 12.1. The summed E-state index contributed by atoms with van der Waals surface area (Å²) in [5.74, 6) is 0. The van der Waals surface area contributed by atoms with Gasteiger partial charge in [-0.3, -0.25) is 0 Å². The quantitative estimate of drug-likeness (QED) is 0.602. The summed E-state index contributed by atoms with van der Waals surface area (Å²) < 4.78 is 12.5. The van der Waals surface area contributed by atoms with Crippen LogP contribution in [0.4, 0.5) is 4.79 Å². The zero-order chi connectivity index (χ0) is 14.1.